The fourth-order valence-electron chi connectivity index (χ4n) is 2.69. The van der Waals surface area contributed by atoms with Gasteiger partial charge in [-0.3, -0.25) is 0 Å². The molecule has 0 radical (unpaired) electrons. The highest BCUT2D eigenvalue weighted by Crippen LogP contribution is 2.63. The van der Waals surface area contributed by atoms with Gasteiger partial charge in [0.15, 0.2) is 11.6 Å². The summed E-state index contributed by atoms with van der Waals surface area (Å²) in [6, 6.07) is 5.93. The van der Waals surface area contributed by atoms with E-state index in [1.807, 2.05) is 0 Å². The van der Waals surface area contributed by atoms with E-state index in [9.17, 15) is 26.3 Å². The van der Waals surface area contributed by atoms with E-state index in [1.54, 1.807) is 13.0 Å². The van der Waals surface area contributed by atoms with Crippen molar-refractivity contribution in [2.75, 3.05) is 0 Å². The van der Waals surface area contributed by atoms with Crippen LogP contribution in [-0.2, 0) is 5.41 Å². The highest BCUT2D eigenvalue weighted by atomic mass is 19.4. The highest BCUT2D eigenvalue weighted by Gasteiger charge is 2.75. The van der Waals surface area contributed by atoms with Crippen LogP contribution in [0.4, 0.5) is 26.3 Å². The molecule has 1 aromatic heterocycles. The van der Waals surface area contributed by atoms with Crippen molar-refractivity contribution in [1.29, 1.82) is 0 Å². The Bertz CT molecular complexity index is 781. The summed E-state index contributed by atoms with van der Waals surface area (Å²) >= 11 is 0. The molecule has 0 amide bonds. The van der Waals surface area contributed by atoms with Gasteiger partial charge in [0.25, 0.3) is 0 Å². The van der Waals surface area contributed by atoms with Crippen molar-refractivity contribution in [3.8, 4) is 11.6 Å². The fourth-order valence-corrected chi connectivity index (χ4v) is 2.69. The summed E-state index contributed by atoms with van der Waals surface area (Å²) in [5.74, 6) is -6.16. The zero-order valence-electron chi connectivity index (χ0n) is 13.0. The summed E-state index contributed by atoms with van der Waals surface area (Å²) in [7, 11) is 0. The van der Waals surface area contributed by atoms with Gasteiger partial charge >= 0.3 is 12.1 Å². The zero-order chi connectivity index (χ0) is 18.5. The predicted molar refractivity (Wildman–Crippen MR) is 77.4 cm³/mol. The van der Waals surface area contributed by atoms with Crippen LogP contribution < -0.4 is 4.74 Å². The van der Waals surface area contributed by atoms with Crippen LogP contribution in [0.5, 0.6) is 11.6 Å². The number of pyridine rings is 1. The normalized spacial score (nSPS) is 16.6. The van der Waals surface area contributed by atoms with Gasteiger partial charge in [-0.25, -0.2) is 9.37 Å². The van der Waals surface area contributed by atoms with E-state index in [0.29, 0.717) is 6.07 Å². The average molecular weight is 361 g/mol. The average Bonchev–Trinajstić information content (AvgIpc) is 3.32. The van der Waals surface area contributed by atoms with E-state index < -0.39 is 28.9 Å². The van der Waals surface area contributed by atoms with Crippen LogP contribution in [-0.4, -0.2) is 17.1 Å². The van der Waals surface area contributed by atoms with Gasteiger partial charge < -0.3 is 4.74 Å². The van der Waals surface area contributed by atoms with Gasteiger partial charge in [0, 0.05) is 12.3 Å². The number of alkyl halides is 5. The van der Waals surface area contributed by atoms with Crippen molar-refractivity contribution in [2.45, 2.75) is 37.3 Å². The molecule has 0 N–H and O–H groups in total. The van der Waals surface area contributed by atoms with E-state index >= 15 is 0 Å². The van der Waals surface area contributed by atoms with Crippen molar-refractivity contribution < 1.29 is 31.1 Å². The number of ether oxygens (including phenoxy) is 1. The minimum Gasteiger partial charge on any atom is -0.436 e. The molecule has 1 heterocycles. The minimum atomic E-state index is -5.69. The van der Waals surface area contributed by atoms with Crippen molar-refractivity contribution in [3.05, 3.63) is 53.5 Å². The van der Waals surface area contributed by atoms with Crippen LogP contribution in [0.1, 0.15) is 24.0 Å². The van der Waals surface area contributed by atoms with E-state index in [0.717, 1.165) is 17.7 Å². The summed E-state index contributed by atoms with van der Waals surface area (Å²) in [6.45, 7) is 1.79. The Balaban J connectivity index is 1.89. The summed E-state index contributed by atoms with van der Waals surface area (Å²) in [6.07, 6.45) is -4.93. The maximum Gasteiger partial charge on any atom is 0.454 e. The summed E-state index contributed by atoms with van der Waals surface area (Å²) in [5.41, 5.74) is -1.95. The molecule has 1 saturated carbocycles. The second kappa shape index (κ2) is 5.64. The molecule has 0 atom stereocenters. The molecule has 0 spiro atoms. The fraction of sp³-hybridized carbons (Fsp3) is 0.353. The van der Waals surface area contributed by atoms with Crippen molar-refractivity contribution in [1.82, 2.24) is 4.98 Å². The van der Waals surface area contributed by atoms with Crippen LogP contribution in [0, 0.1) is 12.7 Å². The largest absolute Gasteiger partial charge is 0.454 e. The van der Waals surface area contributed by atoms with Gasteiger partial charge in [-0.1, -0.05) is 12.1 Å². The summed E-state index contributed by atoms with van der Waals surface area (Å²) in [4.78, 5) is 3.91. The number of rotatable bonds is 4. The number of hydrogen-bond donors (Lipinski definition) is 0. The van der Waals surface area contributed by atoms with Gasteiger partial charge in [-0.05, 0) is 43.0 Å². The Kier molecular flexibility index (Phi) is 3.96. The maximum atomic E-state index is 14.2. The number of benzene rings is 1. The van der Waals surface area contributed by atoms with E-state index in [4.69, 9.17) is 4.74 Å². The molecule has 1 aliphatic rings. The number of halogens is 6. The smallest absolute Gasteiger partial charge is 0.436 e. The molecule has 0 bridgehead atoms. The van der Waals surface area contributed by atoms with Crippen LogP contribution in [0.2, 0.25) is 0 Å². The Morgan fingerprint density at radius 2 is 1.72 bits per heavy atom. The number of hydrogen-bond acceptors (Lipinski definition) is 2. The molecule has 3 rings (SSSR count). The third kappa shape index (κ3) is 2.94. The second-order valence-corrected chi connectivity index (χ2v) is 6.08. The van der Waals surface area contributed by atoms with Crippen molar-refractivity contribution >= 4 is 0 Å². The van der Waals surface area contributed by atoms with E-state index in [1.165, 1.54) is 12.3 Å². The standard InChI is InChI=1S/C17H13F6NO/c1-10-2-5-14(24-9-10)25-13-4-3-11(8-12(13)18)15(6-7-15)16(19,20)17(21,22)23/h2-5,8-9H,6-7H2,1H3. The van der Waals surface area contributed by atoms with Crippen molar-refractivity contribution in [2.24, 2.45) is 0 Å². The Morgan fingerprint density at radius 1 is 1.04 bits per heavy atom. The molecule has 1 aromatic carbocycles. The number of aromatic nitrogens is 1. The Labute approximate surface area is 139 Å². The van der Waals surface area contributed by atoms with Gasteiger partial charge in [0.1, 0.15) is 0 Å². The second-order valence-electron chi connectivity index (χ2n) is 6.08. The molecule has 0 saturated heterocycles. The van der Waals surface area contributed by atoms with Gasteiger partial charge in [0.05, 0.1) is 5.41 Å². The molecule has 1 aliphatic carbocycles. The first-order valence-electron chi connectivity index (χ1n) is 7.42. The Hall–Kier alpha value is -2.25. The van der Waals surface area contributed by atoms with E-state index in [-0.39, 0.29) is 24.5 Å². The zero-order valence-corrected chi connectivity index (χ0v) is 13.0. The lowest BCUT2D eigenvalue weighted by Gasteiger charge is -2.29. The minimum absolute atomic E-state index is 0.0824. The highest BCUT2D eigenvalue weighted by molar-refractivity contribution is 5.41. The molecule has 2 nitrogen and oxygen atoms in total. The summed E-state index contributed by atoms with van der Waals surface area (Å²) in [5, 5.41) is 0. The maximum absolute atomic E-state index is 14.2. The molecular weight excluding hydrogens is 348 g/mol. The van der Waals surface area contributed by atoms with Gasteiger partial charge in [-0.2, -0.15) is 22.0 Å². The third-order valence-electron chi connectivity index (χ3n) is 4.29. The topological polar surface area (TPSA) is 22.1 Å². The SMILES string of the molecule is Cc1ccc(Oc2ccc(C3(C(F)(F)C(F)(F)F)CC3)cc2F)nc1. The first kappa shape index (κ1) is 17.6. The first-order valence-corrected chi connectivity index (χ1v) is 7.42. The molecule has 0 aliphatic heterocycles. The third-order valence-corrected chi connectivity index (χ3v) is 4.29. The molecule has 134 valence electrons. The first-order chi connectivity index (χ1) is 11.6. The van der Waals surface area contributed by atoms with Gasteiger partial charge in [0.2, 0.25) is 5.88 Å². The van der Waals surface area contributed by atoms with Crippen molar-refractivity contribution in [3.63, 3.8) is 0 Å². The lowest BCUT2D eigenvalue weighted by molar-refractivity contribution is -0.296. The molecule has 0 unspecified atom stereocenters. The quantitative estimate of drug-likeness (QED) is 0.666. The lowest BCUT2D eigenvalue weighted by atomic mass is 9.88. The number of aryl methyl sites for hydroxylation is 1. The van der Waals surface area contributed by atoms with Gasteiger partial charge in [-0.15, -0.1) is 0 Å². The molecule has 8 heteroatoms. The summed E-state index contributed by atoms with van der Waals surface area (Å²) < 4.78 is 85.0. The number of nitrogens with zero attached hydrogens (tertiary/aromatic N) is 1. The predicted octanol–water partition coefficient (Wildman–Crippen LogP) is 5.55. The molecule has 2 aromatic rings. The van der Waals surface area contributed by atoms with Crippen LogP contribution in [0.15, 0.2) is 36.5 Å². The van der Waals surface area contributed by atoms with Crippen LogP contribution >= 0.6 is 0 Å². The lowest BCUT2D eigenvalue weighted by Crippen LogP contribution is -2.47. The van der Waals surface area contributed by atoms with Crippen LogP contribution in [0.3, 0.4) is 0 Å². The van der Waals surface area contributed by atoms with Crippen LogP contribution in [0.25, 0.3) is 0 Å². The van der Waals surface area contributed by atoms with E-state index in [2.05, 4.69) is 4.98 Å². The Morgan fingerprint density at radius 3 is 2.20 bits per heavy atom. The monoisotopic (exact) mass is 361 g/mol. The molecule has 25 heavy (non-hydrogen) atoms. The molecular formula is C17H13F6NO. The molecule has 1 fully saturated rings.